The van der Waals surface area contributed by atoms with Gasteiger partial charge in [0, 0.05) is 19.7 Å². The highest BCUT2D eigenvalue weighted by Gasteiger charge is 2.53. The van der Waals surface area contributed by atoms with E-state index in [1.807, 2.05) is 0 Å². The van der Waals surface area contributed by atoms with Crippen LogP contribution >= 0.6 is 0 Å². The highest BCUT2D eigenvalue weighted by Crippen LogP contribution is 2.58. The third-order valence-corrected chi connectivity index (χ3v) is 5.58. The van der Waals surface area contributed by atoms with Gasteiger partial charge in [0.15, 0.2) is 0 Å². The van der Waals surface area contributed by atoms with E-state index < -0.39 is 0 Å². The van der Waals surface area contributed by atoms with Crippen LogP contribution in [0.5, 0.6) is 0 Å². The summed E-state index contributed by atoms with van der Waals surface area (Å²) in [6.45, 7) is 1.66. The van der Waals surface area contributed by atoms with Crippen molar-refractivity contribution in [2.45, 2.75) is 38.1 Å². The maximum absolute atomic E-state index is 11.7. The van der Waals surface area contributed by atoms with Gasteiger partial charge in [0.05, 0.1) is 13.2 Å². The van der Waals surface area contributed by atoms with Crippen molar-refractivity contribution in [2.75, 3.05) is 26.8 Å². The first kappa shape index (κ1) is 13.4. The Kier molecular flexibility index (Phi) is 4.08. The molecule has 4 heteroatoms. The molecule has 2 bridgehead atoms. The van der Waals surface area contributed by atoms with Gasteiger partial charge >= 0.3 is 0 Å². The van der Waals surface area contributed by atoms with Gasteiger partial charge in [-0.2, -0.15) is 0 Å². The van der Waals surface area contributed by atoms with E-state index in [0.29, 0.717) is 25.7 Å². The molecule has 108 valence electrons. The number of carbonyl (C=O) groups is 1. The number of hydrogen-bond donors (Lipinski definition) is 2. The van der Waals surface area contributed by atoms with Crippen molar-refractivity contribution in [2.24, 2.45) is 23.7 Å². The molecule has 3 saturated carbocycles. The van der Waals surface area contributed by atoms with Gasteiger partial charge in [-0.3, -0.25) is 4.79 Å². The lowest BCUT2D eigenvalue weighted by atomic mass is 9.79. The van der Waals surface area contributed by atoms with Gasteiger partial charge in [0.2, 0.25) is 5.91 Å². The maximum atomic E-state index is 11.7. The molecule has 0 aliphatic heterocycles. The summed E-state index contributed by atoms with van der Waals surface area (Å²) >= 11 is 0. The lowest BCUT2D eigenvalue weighted by Crippen LogP contribution is -2.44. The van der Waals surface area contributed by atoms with Crippen LogP contribution in [0.1, 0.15) is 32.1 Å². The molecule has 1 amide bonds. The number of fused-ring (bicyclic) bond motifs is 5. The van der Waals surface area contributed by atoms with E-state index in [4.69, 9.17) is 4.74 Å². The number of hydrogen-bond acceptors (Lipinski definition) is 3. The van der Waals surface area contributed by atoms with Gasteiger partial charge in [-0.05, 0) is 49.4 Å². The summed E-state index contributed by atoms with van der Waals surface area (Å²) in [4.78, 5) is 11.7. The van der Waals surface area contributed by atoms with E-state index in [1.165, 1.54) is 32.1 Å². The second kappa shape index (κ2) is 5.80. The molecular formula is C15H26N2O2. The summed E-state index contributed by atoms with van der Waals surface area (Å²) in [5, 5.41) is 6.37. The van der Waals surface area contributed by atoms with Crippen LogP contribution < -0.4 is 10.6 Å². The summed E-state index contributed by atoms with van der Waals surface area (Å²) in [6, 6.07) is 0.595. The number of rotatable bonds is 6. The topological polar surface area (TPSA) is 50.4 Å². The smallest absolute Gasteiger partial charge is 0.234 e. The minimum atomic E-state index is 0.0998. The van der Waals surface area contributed by atoms with Gasteiger partial charge < -0.3 is 15.4 Å². The summed E-state index contributed by atoms with van der Waals surface area (Å²) in [7, 11) is 1.65. The summed E-state index contributed by atoms with van der Waals surface area (Å²) in [6.07, 6.45) is 7.06. The molecule has 3 aliphatic rings. The molecule has 2 N–H and O–H groups in total. The summed E-state index contributed by atoms with van der Waals surface area (Å²) in [5.41, 5.74) is 0. The molecular weight excluding hydrogens is 240 g/mol. The predicted octanol–water partition coefficient (Wildman–Crippen LogP) is 1.16. The number of ether oxygens (including phenoxy) is 1. The van der Waals surface area contributed by atoms with Gasteiger partial charge in [-0.25, -0.2) is 0 Å². The molecule has 5 atom stereocenters. The first-order valence-corrected chi connectivity index (χ1v) is 7.78. The minimum absolute atomic E-state index is 0.0998. The molecule has 0 spiro atoms. The van der Waals surface area contributed by atoms with Crippen LogP contribution in [0.3, 0.4) is 0 Å². The zero-order chi connectivity index (χ0) is 13.2. The quantitative estimate of drug-likeness (QED) is 0.709. The number of carbonyl (C=O) groups excluding carboxylic acids is 1. The Hall–Kier alpha value is -0.610. The first-order valence-electron chi connectivity index (χ1n) is 7.78. The van der Waals surface area contributed by atoms with Gasteiger partial charge in [-0.1, -0.05) is 6.42 Å². The van der Waals surface area contributed by atoms with Gasteiger partial charge in [0.25, 0.3) is 0 Å². The van der Waals surface area contributed by atoms with Crippen LogP contribution in [0.15, 0.2) is 0 Å². The lowest BCUT2D eigenvalue weighted by molar-refractivity contribution is -0.120. The molecule has 3 rings (SSSR count). The SMILES string of the molecule is COCCNC(=O)CNC1CC2CC1C1CCCC21. The second-order valence-electron chi connectivity index (χ2n) is 6.48. The van der Waals surface area contributed by atoms with E-state index in [2.05, 4.69) is 10.6 Å². The largest absolute Gasteiger partial charge is 0.383 e. The van der Waals surface area contributed by atoms with Crippen molar-refractivity contribution in [1.29, 1.82) is 0 Å². The van der Waals surface area contributed by atoms with Crippen molar-refractivity contribution in [3.63, 3.8) is 0 Å². The minimum Gasteiger partial charge on any atom is -0.383 e. The molecule has 0 radical (unpaired) electrons. The number of amides is 1. The standard InChI is InChI=1S/C15H26N2O2/c1-19-6-5-16-15(18)9-17-14-8-10-7-13(14)12-4-2-3-11(10)12/h10-14,17H,2-9H2,1H3,(H,16,18). The molecule has 0 aromatic carbocycles. The predicted molar refractivity (Wildman–Crippen MR) is 73.7 cm³/mol. The van der Waals surface area contributed by atoms with E-state index in [1.54, 1.807) is 7.11 Å². The Morgan fingerprint density at radius 3 is 2.89 bits per heavy atom. The highest BCUT2D eigenvalue weighted by molar-refractivity contribution is 5.78. The Morgan fingerprint density at radius 1 is 1.21 bits per heavy atom. The highest BCUT2D eigenvalue weighted by atomic mass is 16.5. The van der Waals surface area contributed by atoms with Crippen molar-refractivity contribution in [3.8, 4) is 0 Å². The average molecular weight is 266 g/mol. The number of methoxy groups -OCH3 is 1. The Labute approximate surface area is 115 Å². The Balaban J connectivity index is 1.41. The van der Waals surface area contributed by atoms with E-state index in [-0.39, 0.29) is 5.91 Å². The molecule has 3 fully saturated rings. The van der Waals surface area contributed by atoms with Crippen molar-refractivity contribution >= 4 is 5.91 Å². The van der Waals surface area contributed by atoms with Crippen LogP contribution in [-0.4, -0.2) is 38.8 Å². The van der Waals surface area contributed by atoms with E-state index in [9.17, 15) is 4.79 Å². The third kappa shape index (κ3) is 2.65. The van der Waals surface area contributed by atoms with Gasteiger partial charge in [0.1, 0.15) is 0 Å². The van der Waals surface area contributed by atoms with Crippen molar-refractivity contribution < 1.29 is 9.53 Å². The molecule has 4 nitrogen and oxygen atoms in total. The van der Waals surface area contributed by atoms with Crippen molar-refractivity contribution in [3.05, 3.63) is 0 Å². The summed E-state index contributed by atoms with van der Waals surface area (Å²) in [5.74, 6) is 3.89. The molecule has 19 heavy (non-hydrogen) atoms. The molecule has 0 heterocycles. The summed E-state index contributed by atoms with van der Waals surface area (Å²) < 4.78 is 4.92. The van der Waals surface area contributed by atoms with Crippen LogP contribution in [0.2, 0.25) is 0 Å². The fraction of sp³-hybridized carbons (Fsp3) is 0.933. The zero-order valence-electron chi connectivity index (χ0n) is 11.9. The van der Waals surface area contributed by atoms with Crippen LogP contribution in [0.25, 0.3) is 0 Å². The Bertz CT molecular complexity index is 334. The van der Waals surface area contributed by atoms with Crippen molar-refractivity contribution in [1.82, 2.24) is 10.6 Å². The lowest BCUT2D eigenvalue weighted by Gasteiger charge is -2.32. The van der Waals surface area contributed by atoms with E-state index >= 15 is 0 Å². The molecule has 5 unspecified atom stereocenters. The van der Waals surface area contributed by atoms with Crippen LogP contribution in [0.4, 0.5) is 0 Å². The Morgan fingerprint density at radius 2 is 2.05 bits per heavy atom. The fourth-order valence-electron chi connectivity index (χ4n) is 4.88. The van der Waals surface area contributed by atoms with E-state index in [0.717, 1.165) is 23.7 Å². The molecule has 0 aromatic rings. The number of nitrogens with one attached hydrogen (secondary N) is 2. The molecule has 3 aliphatic carbocycles. The van der Waals surface area contributed by atoms with Gasteiger partial charge in [-0.15, -0.1) is 0 Å². The third-order valence-electron chi connectivity index (χ3n) is 5.58. The zero-order valence-corrected chi connectivity index (χ0v) is 11.9. The molecule has 0 saturated heterocycles. The van der Waals surface area contributed by atoms with Crippen LogP contribution in [0, 0.1) is 23.7 Å². The monoisotopic (exact) mass is 266 g/mol. The average Bonchev–Trinajstić information content (AvgIpc) is 3.08. The molecule has 0 aromatic heterocycles. The first-order chi connectivity index (χ1) is 9.29. The second-order valence-corrected chi connectivity index (χ2v) is 6.48. The fourth-order valence-corrected chi connectivity index (χ4v) is 4.88. The maximum Gasteiger partial charge on any atom is 0.234 e. The normalized spacial score (nSPS) is 39.5. The van der Waals surface area contributed by atoms with Crippen LogP contribution in [-0.2, 0) is 9.53 Å².